The zero-order valence-electron chi connectivity index (χ0n) is 17.5. The molecule has 2 bridgehead atoms. The fourth-order valence-electron chi connectivity index (χ4n) is 4.87. The van der Waals surface area contributed by atoms with Crippen molar-refractivity contribution in [3.63, 3.8) is 0 Å². The molecule has 1 amide bonds. The van der Waals surface area contributed by atoms with Gasteiger partial charge in [0.15, 0.2) is 0 Å². The number of amides is 1. The minimum Gasteiger partial charge on any atom is -0.464 e. The van der Waals surface area contributed by atoms with Gasteiger partial charge in [-0.15, -0.1) is 0 Å². The lowest BCUT2D eigenvalue weighted by Gasteiger charge is -2.42. The number of carbonyl (C=O) groups excluding carboxylic acids is 1. The summed E-state index contributed by atoms with van der Waals surface area (Å²) in [5, 5.41) is 2.64. The molecular weight excluding hydrogens is 430 g/mol. The average molecular weight is 454 g/mol. The van der Waals surface area contributed by atoms with Gasteiger partial charge in [-0.25, -0.2) is 8.42 Å². The van der Waals surface area contributed by atoms with Gasteiger partial charge in [0, 0.05) is 55.5 Å². The van der Waals surface area contributed by atoms with Crippen molar-refractivity contribution in [1.29, 1.82) is 0 Å². The molecule has 2 atom stereocenters. The number of sulfonamides is 1. The van der Waals surface area contributed by atoms with Crippen molar-refractivity contribution in [2.24, 2.45) is 5.92 Å². The zero-order chi connectivity index (χ0) is 22.5. The third-order valence-electron chi connectivity index (χ3n) is 6.16. The first-order valence-corrected chi connectivity index (χ1v) is 11.9. The van der Waals surface area contributed by atoms with Crippen LogP contribution in [0.3, 0.4) is 0 Å². The van der Waals surface area contributed by atoms with Crippen molar-refractivity contribution < 1.29 is 17.6 Å². The van der Waals surface area contributed by atoms with E-state index in [4.69, 9.17) is 4.42 Å². The van der Waals surface area contributed by atoms with Crippen molar-refractivity contribution in [2.45, 2.75) is 30.7 Å². The van der Waals surface area contributed by atoms with Crippen LogP contribution < -0.4 is 10.9 Å². The molecule has 1 N–H and O–H groups in total. The maximum absolute atomic E-state index is 13.4. The largest absolute Gasteiger partial charge is 0.464 e. The number of anilines is 1. The molecule has 8 nitrogen and oxygen atoms in total. The molecule has 9 heteroatoms. The summed E-state index contributed by atoms with van der Waals surface area (Å²) in [6.07, 6.45) is 2.41. The SMILES string of the molecule is CC(=O)Nc1ccc(S(=O)(=O)N2C[C@@H]3C[C@H](C2)c2c(-c4ccco4)ccc(=O)n2C3)cc1. The lowest BCUT2D eigenvalue weighted by atomic mass is 9.82. The van der Waals surface area contributed by atoms with E-state index in [-0.39, 0.29) is 28.2 Å². The van der Waals surface area contributed by atoms with Crippen LogP contribution in [0.4, 0.5) is 5.69 Å². The van der Waals surface area contributed by atoms with E-state index < -0.39 is 10.0 Å². The monoisotopic (exact) mass is 453 g/mol. The van der Waals surface area contributed by atoms with Crippen LogP contribution in [0.2, 0.25) is 0 Å². The highest BCUT2D eigenvalue weighted by Crippen LogP contribution is 2.41. The Morgan fingerprint density at radius 3 is 2.53 bits per heavy atom. The highest BCUT2D eigenvalue weighted by Gasteiger charge is 2.40. The first kappa shape index (κ1) is 20.7. The maximum atomic E-state index is 13.4. The molecule has 2 aliphatic heterocycles. The van der Waals surface area contributed by atoms with Gasteiger partial charge in [0.05, 0.1) is 11.2 Å². The quantitative estimate of drug-likeness (QED) is 0.655. The minimum atomic E-state index is -3.72. The fraction of sp³-hybridized carbons (Fsp3) is 0.304. The lowest BCUT2D eigenvalue weighted by molar-refractivity contribution is -0.114. The Balaban J connectivity index is 1.49. The van der Waals surface area contributed by atoms with Crippen LogP contribution in [-0.2, 0) is 21.4 Å². The molecule has 1 fully saturated rings. The number of nitrogens with one attached hydrogen (secondary N) is 1. The van der Waals surface area contributed by atoms with Crippen molar-refractivity contribution in [1.82, 2.24) is 8.87 Å². The predicted octanol–water partition coefficient (Wildman–Crippen LogP) is 2.87. The number of hydrogen-bond acceptors (Lipinski definition) is 5. The lowest BCUT2D eigenvalue weighted by Crippen LogP contribution is -2.49. The molecule has 3 aromatic rings. The number of furan rings is 1. The van der Waals surface area contributed by atoms with Gasteiger partial charge in [-0.2, -0.15) is 4.31 Å². The van der Waals surface area contributed by atoms with Gasteiger partial charge < -0.3 is 14.3 Å². The smallest absolute Gasteiger partial charge is 0.250 e. The van der Waals surface area contributed by atoms with Crippen LogP contribution in [-0.4, -0.2) is 36.3 Å². The molecule has 0 aliphatic carbocycles. The first-order valence-electron chi connectivity index (χ1n) is 10.5. The first-order chi connectivity index (χ1) is 15.3. The van der Waals surface area contributed by atoms with E-state index in [1.807, 2.05) is 6.07 Å². The summed E-state index contributed by atoms with van der Waals surface area (Å²) in [7, 11) is -3.72. The molecule has 0 radical (unpaired) electrons. The molecule has 2 aliphatic rings. The molecule has 0 unspecified atom stereocenters. The maximum Gasteiger partial charge on any atom is 0.250 e. The molecule has 0 spiro atoms. The Morgan fingerprint density at radius 1 is 1.06 bits per heavy atom. The summed E-state index contributed by atoms with van der Waals surface area (Å²) in [6, 6.07) is 13.2. The van der Waals surface area contributed by atoms with Gasteiger partial charge in [-0.05, 0) is 54.8 Å². The Labute approximate surface area is 185 Å². The summed E-state index contributed by atoms with van der Waals surface area (Å²) < 4.78 is 35.7. The van der Waals surface area contributed by atoms with Crippen molar-refractivity contribution >= 4 is 21.6 Å². The summed E-state index contributed by atoms with van der Waals surface area (Å²) in [5.74, 6) is 0.399. The topological polar surface area (TPSA) is 102 Å². The number of benzene rings is 1. The van der Waals surface area contributed by atoms with Crippen LogP contribution in [0.25, 0.3) is 11.3 Å². The molecule has 1 saturated heterocycles. The van der Waals surface area contributed by atoms with Gasteiger partial charge in [-0.1, -0.05) is 0 Å². The Kier molecular flexibility index (Phi) is 5.02. The third kappa shape index (κ3) is 3.57. The standard InChI is InChI=1S/C23H23N3O5S/c1-15(27)24-18-4-6-19(7-5-18)32(29,30)25-12-16-11-17(14-25)23-20(21-3-2-10-31-21)8-9-22(28)26(23)13-16/h2-10,16-17H,11-14H2,1H3,(H,24,27)/t16-,17+/m0/s1. The van der Waals surface area contributed by atoms with E-state index in [1.54, 1.807) is 41.2 Å². The number of nitrogens with zero attached hydrogens (tertiary/aromatic N) is 2. The van der Waals surface area contributed by atoms with E-state index in [2.05, 4.69) is 5.32 Å². The van der Waals surface area contributed by atoms with Crippen LogP contribution >= 0.6 is 0 Å². The van der Waals surface area contributed by atoms with Gasteiger partial charge in [0.1, 0.15) is 5.76 Å². The molecule has 166 valence electrons. The Morgan fingerprint density at radius 2 is 1.84 bits per heavy atom. The highest BCUT2D eigenvalue weighted by atomic mass is 32.2. The summed E-state index contributed by atoms with van der Waals surface area (Å²) >= 11 is 0. The Bertz CT molecular complexity index is 1330. The normalized spacial score (nSPS) is 20.5. The van der Waals surface area contributed by atoms with Crippen LogP contribution in [0.15, 0.2) is 68.9 Å². The highest BCUT2D eigenvalue weighted by molar-refractivity contribution is 7.89. The number of rotatable bonds is 4. The van der Waals surface area contributed by atoms with E-state index in [1.165, 1.54) is 23.4 Å². The number of aromatic nitrogens is 1. The van der Waals surface area contributed by atoms with Crippen LogP contribution in [0.5, 0.6) is 0 Å². The Hall–Kier alpha value is -3.17. The second-order valence-corrected chi connectivity index (χ2v) is 10.3. The van der Waals surface area contributed by atoms with Gasteiger partial charge in [0.2, 0.25) is 15.9 Å². The van der Waals surface area contributed by atoms with Crippen LogP contribution in [0.1, 0.15) is 25.0 Å². The number of piperidine rings is 1. The number of pyridine rings is 1. The van der Waals surface area contributed by atoms with Crippen molar-refractivity contribution in [2.75, 3.05) is 18.4 Å². The van der Waals surface area contributed by atoms with E-state index in [0.717, 1.165) is 17.7 Å². The minimum absolute atomic E-state index is 0.0548. The third-order valence-corrected chi connectivity index (χ3v) is 8.00. The molecule has 4 heterocycles. The van der Waals surface area contributed by atoms with Crippen molar-refractivity contribution in [3.8, 4) is 11.3 Å². The molecule has 2 aromatic heterocycles. The second-order valence-electron chi connectivity index (χ2n) is 8.38. The molecule has 0 saturated carbocycles. The second kappa shape index (κ2) is 7.75. The van der Waals surface area contributed by atoms with Gasteiger partial charge in [-0.3, -0.25) is 9.59 Å². The number of hydrogen-bond donors (Lipinski definition) is 1. The van der Waals surface area contributed by atoms with E-state index in [0.29, 0.717) is 31.1 Å². The number of fused-ring (bicyclic) bond motifs is 4. The molecule has 5 rings (SSSR count). The molecule has 32 heavy (non-hydrogen) atoms. The van der Waals surface area contributed by atoms with E-state index in [9.17, 15) is 18.0 Å². The molecule has 1 aromatic carbocycles. The van der Waals surface area contributed by atoms with Gasteiger partial charge in [0.25, 0.3) is 5.56 Å². The number of carbonyl (C=O) groups is 1. The summed E-state index contributed by atoms with van der Waals surface area (Å²) in [4.78, 5) is 24.0. The fourth-order valence-corrected chi connectivity index (χ4v) is 6.43. The van der Waals surface area contributed by atoms with E-state index >= 15 is 0 Å². The van der Waals surface area contributed by atoms with Crippen molar-refractivity contribution in [3.05, 3.63) is 70.8 Å². The average Bonchev–Trinajstić information content (AvgIpc) is 3.29. The van der Waals surface area contributed by atoms with Gasteiger partial charge >= 0.3 is 0 Å². The predicted molar refractivity (Wildman–Crippen MR) is 119 cm³/mol. The summed E-state index contributed by atoms with van der Waals surface area (Å²) in [5.41, 5.74) is 2.14. The zero-order valence-corrected chi connectivity index (χ0v) is 18.3. The summed E-state index contributed by atoms with van der Waals surface area (Å²) in [6.45, 7) is 2.54. The van der Waals surface area contributed by atoms with Crippen LogP contribution in [0, 0.1) is 5.92 Å². The molecular formula is C23H23N3O5S.